The molecule has 1 fully saturated rings. The number of hydrogen-bond donors (Lipinski definition) is 0. The van der Waals surface area contributed by atoms with E-state index in [2.05, 4.69) is 11.8 Å². The molecule has 0 aromatic carbocycles. The molecular weight excluding hydrogens is 404 g/mol. The summed E-state index contributed by atoms with van der Waals surface area (Å²) in [7, 11) is 0. The van der Waals surface area contributed by atoms with Crippen molar-refractivity contribution in [1.82, 2.24) is 0 Å². The van der Waals surface area contributed by atoms with Crippen LogP contribution >= 0.6 is 81.2 Å². The van der Waals surface area contributed by atoms with Crippen LogP contribution in [0.15, 0.2) is 10.1 Å². The number of rotatable bonds is 1. The number of allylic oxidation sites excluding steroid dienone is 2. The molecule has 20 heavy (non-hydrogen) atoms. The van der Waals surface area contributed by atoms with Gasteiger partial charge in [0.1, 0.15) is 9.75 Å². The molecule has 1 saturated carbocycles. The Hall–Kier alpha value is 1.33. The molecule has 0 unspecified atom stereocenters. The van der Waals surface area contributed by atoms with Crippen LogP contribution in [0.1, 0.15) is 26.7 Å². The molecule has 0 radical (unpaired) electrons. The van der Waals surface area contributed by atoms with Crippen molar-refractivity contribution in [2.24, 2.45) is 5.92 Å². The molecule has 0 N–H and O–H groups in total. The van der Waals surface area contributed by atoms with E-state index in [-0.39, 0.29) is 16.0 Å². The lowest BCUT2D eigenvalue weighted by molar-refractivity contribution is 0.476. The predicted molar refractivity (Wildman–Crippen MR) is 90.8 cm³/mol. The Labute approximate surface area is 154 Å². The van der Waals surface area contributed by atoms with Crippen LogP contribution in [0.25, 0.3) is 0 Å². The van der Waals surface area contributed by atoms with E-state index < -0.39 is 19.0 Å². The molecule has 2 aliphatic rings. The summed E-state index contributed by atoms with van der Waals surface area (Å²) in [4.78, 5) is -2.99. The van der Waals surface area contributed by atoms with Crippen LogP contribution in [-0.2, 0) is 0 Å². The van der Waals surface area contributed by atoms with E-state index in [0.717, 1.165) is 0 Å². The summed E-state index contributed by atoms with van der Waals surface area (Å²) < 4.78 is -1.47. The molecule has 3 atom stereocenters. The third-order valence-electron chi connectivity index (χ3n) is 3.64. The average Bonchev–Trinajstić information content (AvgIpc) is 2.50. The van der Waals surface area contributed by atoms with Crippen LogP contribution in [-0.4, -0.2) is 19.0 Å². The monoisotopic (exact) mass is 412 g/mol. The Bertz CT molecular complexity index is 533. The summed E-state index contributed by atoms with van der Waals surface area (Å²) >= 11 is 44.3. The smallest absolute Gasteiger partial charge is 0.110 e. The maximum absolute atomic E-state index is 6.62. The lowest BCUT2D eigenvalue weighted by Gasteiger charge is -2.33. The average molecular weight is 415 g/mol. The minimum absolute atomic E-state index is 0.196. The van der Waals surface area contributed by atoms with Crippen molar-refractivity contribution in [3.05, 3.63) is 10.1 Å². The molecule has 0 spiro atoms. The quantitative estimate of drug-likeness (QED) is 0.351. The van der Waals surface area contributed by atoms with E-state index in [1.807, 2.05) is 0 Å². The first-order valence-corrected chi connectivity index (χ1v) is 8.53. The minimum Gasteiger partial charge on any atom is -0.110 e. The van der Waals surface area contributed by atoms with Gasteiger partial charge >= 0.3 is 0 Å². The van der Waals surface area contributed by atoms with Gasteiger partial charge in [-0.1, -0.05) is 52.3 Å². The van der Waals surface area contributed by atoms with Gasteiger partial charge in [-0.2, -0.15) is 0 Å². The summed E-state index contributed by atoms with van der Waals surface area (Å²) in [6.07, 6.45) is 0.854. The van der Waals surface area contributed by atoms with Gasteiger partial charge in [0.2, 0.25) is 0 Å². The van der Waals surface area contributed by atoms with Crippen molar-refractivity contribution < 1.29 is 0 Å². The zero-order chi connectivity index (χ0) is 15.6. The van der Waals surface area contributed by atoms with Crippen LogP contribution < -0.4 is 0 Å². The fraction of sp³-hybridized carbons (Fsp3) is 0.692. The Morgan fingerprint density at radius 3 is 2.10 bits per heavy atom. The summed E-state index contributed by atoms with van der Waals surface area (Å²) in [5.74, 6) is 5.73. The van der Waals surface area contributed by atoms with E-state index >= 15 is 0 Å². The number of fused-ring (bicyclic) bond motifs is 2. The highest BCUT2D eigenvalue weighted by Gasteiger charge is 2.78. The van der Waals surface area contributed by atoms with E-state index in [0.29, 0.717) is 12.8 Å². The van der Waals surface area contributed by atoms with Crippen LogP contribution in [0.3, 0.4) is 0 Å². The van der Waals surface area contributed by atoms with Crippen molar-refractivity contribution in [1.29, 1.82) is 0 Å². The molecule has 7 heteroatoms. The Kier molecular flexibility index (Phi) is 4.57. The fourth-order valence-electron chi connectivity index (χ4n) is 2.63. The predicted octanol–water partition coefficient (Wildman–Crippen LogP) is 6.25. The SMILES string of the molecule is CC(C)(Cl)C#CC[C@@H]1C[C@]2(Cl)C(Cl)=C(Cl)[C@@]1(Cl)C2(Cl)Cl. The van der Waals surface area contributed by atoms with E-state index in [1.54, 1.807) is 13.8 Å². The molecule has 0 amide bonds. The van der Waals surface area contributed by atoms with Gasteiger partial charge in [-0.3, -0.25) is 0 Å². The highest BCUT2D eigenvalue weighted by Crippen LogP contribution is 2.74. The van der Waals surface area contributed by atoms with Gasteiger partial charge in [-0.05, 0) is 26.2 Å². The topological polar surface area (TPSA) is 0 Å². The molecule has 0 saturated heterocycles. The molecule has 0 heterocycles. The highest BCUT2D eigenvalue weighted by atomic mass is 35.5. The first kappa shape index (κ1) is 17.7. The molecule has 0 aliphatic heterocycles. The van der Waals surface area contributed by atoms with Crippen molar-refractivity contribution >= 4 is 81.2 Å². The second-order valence-electron chi connectivity index (χ2n) is 5.59. The maximum atomic E-state index is 6.62. The zero-order valence-electron chi connectivity index (χ0n) is 10.6. The number of alkyl halides is 5. The molecule has 0 aromatic heterocycles. The lowest BCUT2D eigenvalue weighted by Crippen LogP contribution is -2.44. The Balaban J connectivity index is 2.35. The molecule has 2 aliphatic carbocycles. The third-order valence-corrected chi connectivity index (χ3v) is 8.06. The molecule has 0 aromatic rings. The molecule has 112 valence electrons. The van der Waals surface area contributed by atoms with Gasteiger partial charge in [0.05, 0.1) is 14.9 Å². The first-order chi connectivity index (χ1) is 8.88. The summed E-state index contributed by atoms with van der Waals surface area (Å²) in [6.45, 7) is 3.61. The van der Waals surface area contributed by atoms with Crippen molar-refractivity contribution in [2.75, 3.05) is 0 Å². The van der Waals surface area contributed by atoms with Crippen LogP contribution in [0.5, 0.6) is 0 Å². The van der Waals surface area contributed by atoms with Crippen LogP contribution in [0, 0.1) is 17.8 Å². The van der Waals surface area contributed by atoms with Gasteiger partial charge < -0.3 is 0 Å². The first-order valence-electron chi connectivity index (χ1n) is 5.89. The van der Waals surface area contributed by atoms with E-state index in [4.69, 9.17) is 81.2 Å². The standard InChI is InChI=1S/C13H11Cl7/c1-10(2,16)5-3-4-7-6-11(17)8(14)9(15)12(7,18)13(11,19)20/h7H,4,6H2,1-2H3/t7-,11+,12-/m1/s1. The Morgan fingerprint density at radius 2 is 1.70 bits per heavy atom. The van der Waals surface area contributed by atoms with E-state index in [1.165, 1.54) is 0 Å². The Morgan fingerprint density at radius 1 is 1.15 bits per heavy atom. The van der Waals surface area contributed by atoms with Gasteiger partial charge in [0.25, 0.3) is 0 Å². The number of hydrogen-bond acceptors (Lipinski definition) is 0. The minimum atomic E-state index is -1.47. The van der Waals surface area contributed by atoms with Crippen molar-refractivity contribution in [3.63, 3.8) is 0 Å². The summed E-state index contributed by atoms with van der Waals surface area (Å²) in [6, 6.07) is 0. The van der Waals surface area contributed by atoms with Crippen molar-refractivity contribution in [3.8, 4) is 11.8 Å². The maximum Gasteiger partial charge on any atom is 0.166 e. The van der Waals surface area contributed by atoms with Gasteiger partial charge in [0, 0.05) is 6.42 Å². The van der Waals surface area contributed by atoms with Crippen LogP contribution in [0.2, 0.25) is 0 Å². The third kappa shape index (κ3) is 2.28. The highest BCUT2D eigenvalue weighted by molar-refractivity contribution is 6.65. The lowest BCUT2D eigenvalue weighted by atomic mass is 9.89. The number of halogens is 7. The van der Waals surface area contributed by atoms with E-state index in [9.17, 15) is 0 Å². The van der Waals surface area contributed by atoms with Gasteiger partial charge in [0.15, 0.2) is 4.33 Å². The van der Waals surface area contributed by atoms with Crippen LogP contribution in [0.4, 0.5) is 0 Å². The van der Waals surface area contributed by atoms with Gasteiger partial charge in [-0.25, -0.2) is 0 Å². The molecular formula is C13H11Cl7. The molecule has 2 bridgehead atoms. The second kappa shape index (κ2) is 5.17. The second-order valence-corrected chi connectivity index (χ2v) is 9.86. The normalized spacial score (nSPS) is 39.0. The largest absolute Gasteiger partial charge is 0.166 e. The summed E-state index contributed by atoms with van der Waals surface area (Å²) in [5, 5.41) is 0.437. The zero-order valence-corrected chi connectivity index (χ0v) is 15.9. The van der Waals surface area contributed by atoms with Gasteiger partial charge in [-0.15, -0.1) is 40.7 Å². The summed E-state index contributed by atoms with van der Waals surface area (Å²) in [5.41, 5.74) is 0. The van der Waals surface area contributed by atoms with Crippen molar-refractivity contribution in [2.45, 2.75) is 45.6 Å². The molecule has 0 nitrogen and oxygen atoms in total. The fourth-order valence-corrected chi connectivity index (χ4v) is 5.54. The molecule has 2 rings (SSSR count).